The summed E-state index contributed by atoms with van der Waals surface area (Å²) in [7, 11) is 0. The molecule has 1 aliphatic carbocycles. The zero-order valence-electron chi connectivity index (χ0n) is 14.3. The van der Waals surface area contributed by atoms with Gasteiger partial charge in [0.05, 0.1) is 24.4 Å². The molecule has 1 aliphatic heterocycles. The number of nitrogens with zero attached hydrogens (tertiary/aromatic N) is 1. The lowest BCUT2D eigenvalue weighted by Gasteiger charge is -2.32. The van der Waals surface area contributed by atoms with E-state index in [0.717, 1.165) is 36.1 Å². The Labute approximate surface area is 147 Å². The predicted octanol–water partition coefficient (Wildman–Crippen LogP) is 3.69. The maximum Gasteiger partial charge on any atom is 0.319 e. The molecule has 0 bridgehead atoms. The Balaban J connectivity index is 1.30. The van der Waals surface area contributed by atoms with Gasteiger partial charge < -0.3 is 15.4 Å². The molecule has 1 atom stereocenters. The third-order valence-electron chi connectivity index (χ3n) is 5.28. The molecular weight excluding hydrogens is 316 g/mol. The van der Waals surface area contributed by atoms with Crippen molar-refractivity contribution in [2.75, 3.05) is 11.9 Å². The van der Waals surface area contributed by atoms with E-state index in [-0.39, 0.29) is 17.7 Å². The van der Waals surface area contributed by atoms with Crippen molar-refractivity contribution in [2.45, 2.75) is 50.2 Å². The lowest BCUT2D eigenvalue weighted by atomic mass is 9.82. The largest absolute Gasteiger partial charge is 0.373 e. The van der Waals surface area contributed by atoms with Gasteiger partial charge in [-0.05, 0) is 37.0 Å². The van der Waals surface area contributed by atoms with E-state index in [1.54, 1.807) is 6.20 Å². The first kappa shape index (κ1) is 16.1. The fourth-order valence-electron chi connectivity index (χ4n) is 3.99. The third kappa shape index (κ3) is 3.69. The molecule has 1 saturated heterocycles. The minimum atomic E-state index is -0.169. The summed E-state index contributed by atoms with van der Waals surface area (Å²) >= 11 is 0. The van der Waals surface area contributed by atoms with Crippen LogP contribution in [-0.2, 0) is 4.74 Å². The summed E-state index contributed by atoms with van der Waals surface area (Å²) in [5, 5.41) is 12.7. The van der Waals surface area contributed by atoms with Crippen LogP contribution in [0.4, 0.5) is 10.5 Å². The molecule has 4 rings (SSSR count). The molecule has 2 aliphatic rings. The van der Waals surface area contributed by atoms with Gasteiger partial charge in [-0.2, -0.15) is 5.10 Å². The van der Waals surface area contributed by atoms with Crippen LogP contribution in [0.5, 0.6) is 0 Å². The molecule has 6 heteroatoms. The zero-order chi connectivity index (χ0) is 17.1. The minimum Gasteiger partial charge on any atom is -0.373 e. The van der Waals surface area contributed by atoms with Crippen molar-refractivity contribution < 1.29 is 9.53 Å². The van der Waals surface area contributed by atoms with Crippen molar-refractivity contribution in [2.24, 2.45) is 0 Å². The summed E-state index contributed by atoms with van der Waals surface area (Å²) in [6, 6.07) is 7.67. The van der Waals surface area contributed by atoms with Crippen molar-refractivity contribution >= 4 is 11.7 Å². The Morgan fingerprint density at radius 1 is 1.16 bits per heavy atom. The maximum absolute atomic E-state index is 12.3. The summed E-state index contributed by atoms with van der Waals surface area (Å²) in [5.41, 5.74) is 2.87. The van der Waals surface area contributed by atoms with E-state index in [1.807, 2.05) is 30.5 Å². The Hall–Kier alpha value is -2.34. The van der Waals surface area contributed by atoms with Gasteiger partial charge in [0.1, 0.15) is 0 Å². The summed E-state index contributed by atoms with van der Waals surface area (Å²) in [4.78, 5) is 12.3. The van der Waals surface area contributed by atoms with E-state index >= 15 is 0 Å². The van der Waals surface area contributed by atoms with Gasteiger partial charge in [0, 0.05) is 17.4 Å². The summed E-state index contributed by atoms with van der Waals surface area (Å²) in [6.45, 7) is 0.618. The fourth-order valence-corrected chi connectivity index (χ4v) is 3.99. The van der Waals surface area contributed by atoms with Gasteiger partial charge in [-0.3, -0.25) is 5.10 Å². The van der Waals surface area contributed by atoms with Crippen LogP contribution in [0.1, 0.15) is 38.5 Å². The molecule has 132 valence electrons. The highest BCUT2D eigenvalue weighted by atomic mass is 16.5. The molecular formula is C19H24N4O2. The lowest BCUT2D eigenvalue weighted by Crippen LogP contribution is -2.39. The number of H-pyrrole nitrogens is 1. The van der Waals surface area contributed by atoms with E-state index in [4.69, 9.17) is 4.74 Å². The van der Waals surface area contributed by atoms with Crippen molar-refractivity contribution in [3.05, 3.63) is 36.7 Å². The molecule has 0 unspecified atom stereocenters. The molecule has 25 heavy (non-hydrogen) atoms. The molecule has 3 N–H and O–H groups in total. The normalized spacial score (nSPS) is 22.0. The number of amides is 2. The average molecular weight is 340 g/mol. The summed E-state index contributed by atoms with van der Waals surface area (Å²) in [6.07, 6.45) is 10.6. The molecule has 1 spiro atoms. The van der Waals surface area contributed by atoms with Crippen LogP contribution in [0, 0.1) is 0 Å². The fraction of sp³-hybridized carbons (Fsp3) is 0.474. The van der Waals surface area contributed by atoms with E-state index in [0.29, 0.717) is 6.61 Å². The van der Waals surface area contributed by atoms with Gasteiger partial charge in [0.2, 0.25) is 0 Å². The molecule has 1 saturated carbocycles. The zero-order valence-corrected chi connectivity index (χ0v) is 14.3. The molecule has 6 nitrogen and oxygen atoms in total. The van der Waals surface area contributed by atoms with E-state index < -0.39 is 0 Å². The highest BCUT2D eigenvalue weighted by Crippen LogP contribution is 2.39. The molecule has 2 heterocycles. The number of hydrogen-bond donors (Lipinski definition) is 3. The number of aromatic amines is 1. The SMILES string of the molecule is O=C(Nc1ccc(-c2cn[nH]c2)cc1)N[C@@H]1COC2(CCCCC2)C1. The first-order valence-electron chi connectivity index (χ1n) is 9.03. The van der Waals surface area contributed by atoms with Gasteiger partial charge >= 0.3 is 6.03 Å². The number of hydrogen-bond acceptors (Lipinski definition) is 3. The van der Waals surface area contributed by atoms with Gasteiger partial charge in [-0.1, -0.05) is 31.4 Å². The van der Waals surface area contributed by atoms with Crippen molar-refractivity contribution in [3.63, 3.8) is 0 Å². The van der Waals surface area contributed by atoms with E-state index in [1.165, 1.54) is 19.3 Å². The Kier molecular flexibility index (Phi) is 4.44. The molecule has 1 aromatic heterocycles. The van der Waals surface area contributed by atoms with Crippen LogP contribution < -0.4 is 10.6 Å². The van der Waals surface area contributed by atoms with Crippen LogP contribution in [0.3, 0.4) is 0 Å². The van der Waals surface area contributed by atoms with Gasteiger partial charge in [-0.15, -0.1) is 0 Å². The number of ether oxygens (including phenoxy) is 1. The monoisotopic (exact) mass is 340 g/mol. The quantitative estimate of drug-likeness (QED) is 0.797. The number of aromatic nitrogens is 2. The molecule has 0 radical (unpaired) electrons. The maximum atomic E-state index is 12.3. The Bertz CT molecular complexity index is 706. The van der Waals surface area contributed by atoms with Crippen LogP contribution in [0.15, 0.2) is 36.7 Å². The Morgan fingerprint density at radius 2 is 1.96 bits per heavy atom. The lowest BCUT2D eigenvalue weighted by molar-refractivity contribution is -0.0245. The Morgan fingerprint density at radius 3 is 2.68 bits per heavy atom. The number of benzene rings is 1. The average Bonchev–Trinajstić information content (AvgIpc) is 3.27. The van der Waals surface area contributed by atoms with Gasteiger partial charge in [0.25, 0.3) is 0 Å². The topological polar surface area (TPSA) is 79.0 Å². The molecule has 2 fully saturated rings. The van der Waals surface area contributed by atoms with E-state index in [9.17, 15) is 4.79 Å². The summed E-state index contributed by atoms with van der Waals surface area (Å²) in [5.74, 6) is 0. The van der Waals surface area contributed by atoms with Crippen LogP contribution >= 0.6 is 0 Å². The van der Waals surface area contributed by atoms with Crippen molar-refractivity contribution in [1.82, 2.24) is 15.5 Å². The predicted molar refractivity (Wildman–Crippen MR) is 96.4 cm³/mol. The molecule has 1 aromatic carbocycles. The second-order valence-electron chi connectivity index (χ2n) is 7.12. The number of rotatable bonds is 3. The first-order valence-corrected chi connectivity index (χ1v) is 9.03. The second kappa shape index (κ2) is 6.88. The second-order valence-corrected chi connectivity index (χ2v) is 7.12. The standard InChI is InChI=1S/C19H24N4O2/c24-18(23-17-10-19(25-13-17)8-2-1-3-9-19)22-16-6-4-14(5-7-16)15-11-20-21-12-15/h4-7,11-12,17H,1-3,8-10,13H2,(H,20,21)(H2,22,23,24)/t17-/m0/s1. The van der Waals surface area contributed by atoms with Crippen LogP contribution in [0.2, 0.25) is 0 Å². The van der Waals surface area contributed by atoms with Gasteiger partial charge in [-0.25, -0.2) is 4.79 Å². The minimum absolute atomic E-state index is 0.0163. The number of anilines is 1. The van der Waals surface area contributed by atoms with E-state index in [2.05, 4.69) is 20.8 Å². The molecule has 2 amide bonds. The van der Waals surface area contributed by atoms with Crippen LogP contribution in [0.25, 0.3) is 11.1 Å². The highest BCUT2D eigenvalue weighted by molar-refractivity contribution is 5.89. The summed E-state index contributed by atoms with van der Waals surface area (Å²) < 4.78 is 6.05. The number of urea groups is 1. The van der Waals surface area contributed by atoms with Crippen molar-refractivity contribution in [3.8, 4) is 11.1 Å². The number of carbonyl (C=O) groups is 1. The first-order chi connectivity index (χ1) is 12.2. The number of nitrogens with one attached hydrogen (secondary N) is 3. The van der Waals surface area contributed by atoms with Crippen LogP contribution in [-0.4, -0.2) is 34.5 Å². The third-order valence-corrected chi connectivity index (χ3v) is 5.28. The number of carbonyl (C=O) groups excluding carboxylic acids is 1. The van der Waals surface area contributed by atoms with Gasteiger partial charge in [0.15, 0.2) is 0 Å². The molecule has 2 aromatic rings. The smallest absolute Gasteiger partial charge is 0.319 e. The van der Waals surface area contributed by atoms with Crippen molar-refractivity contribution in [1.29, 1.82) is 0 Å². The highest BCUT2D eigenvalue weighted by Gasteiger charge is 2.41.